The summed E-state index contributed by atoms with van der Waals surface area (Å²) in [5, 5.41) is 3.12. The van der Waals surface area contributed by atoms with E-state index in [-0.39, 0.29) is 10.8 Å². The number of amides is 1. The van der Waals surface area contributed by atoms with Gasteiger partial charge in [0.15, 0.2) is 0 Å². The van der Waals surface area contributed by atoms with E-state index < -0.39 is 16.1 Å². The summed E-state index contributed by atoms with van der Waals surface area (Å²) in [5.74, 6) is -0.0725. The second kappa shape index (κ2) is 9.95. The van der Waals surface area contributed by atoms with Crippen LogP contribution in [0.1, 0.15) is 18.5 Å². The number of piperazine rings is 1. The average molecular weight is 497 g/mol. The molecule has 2 saturated heterocycles. The van der Waals surface area contributed by atoms with Crippen molar-refractivity contribution >= 4 is 27.3 Å². The van der Waals surface area contributed by atoms with Gasteiger partial charge in [-0.25, -0.2) is 13.4 Å². The minimum atomic E-state index is -3.68. The zero-order valence-electron chi connectivity index (χ0n) is 18.9. The molecule has 9 heteroatoms. The SMILES string of the molecule is O=C(C1CCCN1S(=O)(=O)c1ccccc1)N1CCN(Cc2csc(-c3ccccc3)n2)CC1. The van der Waals surface area contributed by atoms with Gasteiger partial charge in [-0.2, -0.15) is 4.31 Å². The first kappa shape index (κ1) is 23.2. The van der Waals surface area contributed by atoms with Crippen LogP contribution in [0.25, 0.3) is 10.6 Å². The Bertz CT molecular complexity index is 1220. The molecule has 0 aliphatic carbocycles. The highest BCUT2D eigenvalue weighted by atomic mass is 32.2. The number of benzene rings is 2. The van der Waals surface area contributed by atoms with E-state index in [0.29, 0.717) is 32.5 Å². The number of aromatic nitrogens is 1. The lowest BCUT2D eigenvalue weighted by Crippen LogP contribution is -2.54. The Morgan fingerprint density at radius 3 is 2.32 bits per heavy atom. The zero-order chi connectivity index (χ0) is 23.5. The largest absolute Gasteiger partial charge is 0.339 e. The first-order valence-corrected chi connectivity index (χ1v) is 13.9. The van der Waals surface area contributed by atoms with E-state index in [1.54, 1.807) is 41.7 Å². The number of hydrogen-bond donors (Lipinski definition) is 0. The third-order valence-corrected chi connectivity index (χ3v) is 9.34. The number of carbonyl (C=O) groups excluding carboxylic acids is 1. The molecule has 0 saturated carbocycles. The molecule has 1 amide bonds. The number of carbonyl (C=O) groups is 1. The minimum absolute atomic E-state index is 0.0725. The monoisotopic (exact) mass is 496 g/mol. The van der Waals surface area contributed by atoms with E-state index in [4.69, 9.17) is 4.98 Å². The molecule has 0 radical (unpaired) electrons. The highest BCUT2D eigenvalue weighted by Crippen LogP contribution is 2.28. The molecule has 1 aromatic heterocycles. The van der Waals surface area contributed by atoms with Gasteiger partial charge in [-0.3, -0.25) is 9.69 Å². The number of rotatable bonds is 6. The maximum Gasteiger partial charge on any atom is 0.243 e. The molecule has 0 bridgehead atoms. The van der Waals surface area contributed by atoms with E-state index >= 15 is 0 Å². The molecule has 2 aliphatic heterocycles. The fraction of sp³-hybridized carbons (Fsp3) is 0.360. The van der Waals surface area contributed by atoms with Crippen molar-refractivity contribution in [2.75, 3.05) is 32.7 Å². The summed E-state index contributed by atoms with van der Waals surface area (Å²) in [6.45, 7) is 3.85. The van der Waals surface area contributed by atoms with Crippen molar-refractivity contribution in [3.8, 4) is 10.6 Å². The molecule has 5 rings (SSSR count). The molecule has 1 atom stereocenters. The zero-order valence-corrected chi connectivity index (χ0v) is 20.5. The molecule has 0 N–H and O–H groups in total. The topological polar surface area (TPSA) is 73.8 Å². The number of nitrogens with zero attached hydrogens (tertiary/aromatic N) is 4. The summed E-state index contributed by atoms with van der Waals surface area (Å²) in [4.78, 5) is 22.5. The van der Waals surface area contributed by atoms with Crippen LogP contribution in [-0.4, -0.2) is 72.2 Å². The van der Waals surface area contributed by atoms with E-state index in [1.165, 1.54) is 4.31 Å². The summed E-state index contributed by atoms with van der Waals surface area (Å²) >= 11 is 1.65. The summed E-state index contributed by atoms with van der Waals surface area (Å²) in [5.41, 5.74) is 2.17. The van der Waals surface area contributed by atoms with Gasteiger partial charge >= 0.3 is 0 Å². The molecule has 3 heterocycles. The lowest BCUT2D eigenvalue weighted by atomic mass is 10.2. The molecular weight excluding hydrogens is 468 g/mol. The lowest BCUT2D eigenvalue weighted by molar-refractivity contribution is -0.136. The summed E-state index contributed by atoms with van der Waals surface area (Å²) in [6, 6.07) is 18.0. The summed E-state index contributed by atoms with van der Waals surface area (Å²) in [7, 11) is -3.68. The number of hydrogen-bond acceptors (Lipinski definition) is 6. The summed E-state index contributed by atoms with van der Waals surface area (Å²) < 4.78 is 27.7. The molecule has 0 spiro atoms. The van der Waals surface area contributed by atoms with Crippen molar-refractivity contribution in [1.82, 2.24) is 19.1 Å². The van der Waals surface area contributed by atoms with Crippen LogP contribution < -0.4 is 0 Å². The quantitative estimate of drug-likeness (QED) is 0.524. The van der Waals surface area contributed by atoms with E-state index in [1.807, 2.05) is 23.1 Å². The molecule has 2 aromatic carbocycles. The minimum Gasteiger partial charge on any atom is -0.339 e. The number of thiazole rings is 1. The van der Waals surface area contributed by atoms with Crippen molar-refractivity contribution in [3.05, 3.63) is 71.7 Å². The molecule has 7 nitrogen and oxygen atoms in total. The summed E-state index contributed by atoms with van der Waals surface area (Å²) in [6.07, 6.45) is 1.28. The molecule has 178 valence electrons. The van der Waals surface area contributed by atoms with Gasteiger partial charge in [0.1, 0.15) is 11.0 Å². The Morgan fingerprint density at radius 1 is 0.941 bits per heavy atom. The standard InChI is InChI=1S/C25H28N4O3S2/c30-25(23-12-7-13-29(23)34(31,32)22-10-5-2-6-11-22)28-16-14-27(15-17-28)18-21-19-33-24(26-21)20-8-3-1-4-9-20/h1-6,8-11,19,23H,7,12-18H2. The first-order chi connectivity index (χ1) is 16.5. The van der Waals surface area contributed by atoms with Crippen LogP contribution in [0.4, 0.5) is 0 Å². The van der Waals surface area contributed by atoms with Crippen molar-refractivity contribution < 1.29 is 13.2 Å². The first-order valence-electron chi connectivity index (χ1n) is 11.6. The van der Waals surface area contributed by atoms with Gasteiger partial charge in [0.2, 0.25) is 15.9 Å². The van der Waals surface area contributed by atoms with Crippen molar-refractivity contribution in [3.63, 3.8) is 0 Å². The van der Waals surface area contributed by atoms with Crippen LogP contribution in [0.5, 0.6) is 0 Å². The van der Waals surface area contributed by atoms with Crippen LogP contribution in [0.15, 0.2) is 70.9 Å². The van der Waals surface area contributed by atoms with E-state index in [9.17, 15) is 13.2 Å². The highest BCUT2D eigenvalue weighted by molar-refractivity contribution is 7.89. The van der Waals surface area contributed by atoms with Crippen molar-refractivity contribution in [1.29, 1.82) is 0 Å². The van der Waals surface area contributed by atoms with Crippen LogP contribution in [0, 0.1) is 0 Å². The van der Waals surface area contributed by atoms with Gasteiger partial charge in [-0.1, -0.05) is 48.5 Å². The molecule has 1 unspecified atom stereocenters. The Kier molecular flexibility index (Phi) is 6.78. The van der Waals surface area contributed by atoms with Crippen LogP contribution >= 0.6 is 11.3 Å². The van der Waals surface area contributed by atoms with Crippen LogP contribution in [-0.2, 0) is 21.4 Å². The van der Waals surface area contributed by atoms with E-state index in [0.717, 1.165) is 35.9 Å². The maximum absolute atomic E-state index is 13.3. The predicted octanol–water partition coefficient (Wildman–Crippen LogP) is 3.31. The van der Waals surface area contributed by atoms with Gasteiger partial charge in [0.25, 0.3) is 0 Å². The lowest BCUT2D eigenvalue weighted by Gasteiger charge is -2.36. The average Bonchev–Trinajstić information content (AvgIpc) is 3.56. The van der Waals surface area contributed by atoms with E-state index in [2.05, 4.69) is 22.4 Å². The normalized spacial score (nSPS) is 20.0. The molecule has 34 heavy (non-hydrogen) atoms. The van der Waals surface area contributed by atoms with Gasteiger partial charge in [-0.15, -0.1) is 11.3 Å². The Morgan fingerprint density at radius 2 is 1.62 bits per heavy atom. The number of sulfonamides is 1. The fourth-order valence-corrected chi connectivity index (χ4v) is 7.15. The van der Waals surface area contributed by atoms with Gasteiger partial charge < -0.3 is 4.90 Å². The van der Waals surface area contributed by atoms with Crippen molar-refractivity contribution in [2.24, 2.45) is 0 Å². The highest BCUT2D eigenvalue weighted by Gasteiger charge is 2.41. The van der Waals surface area contributed by atoms with Gasteiger partial charge in [0, 0.05) is 50.2 Å². The third-order valence-electron chi connectivity index (χ3n) is 6.48. The van der Waals surface area contributed by atoms with Crippen molar-refractivity contribution in [2.45, 2.75) is 30.3 Å². The molecule has 2 aliphatic rings. The smallest absolute Gasteiger partial charge is 0.243 e. The Hall–Kier alpha value is -2.59. The van der Waals surface area contributed by atoms with Gasteiger partial charge in [0.05, 0.1) is 10.6 Å². The van der Waals surface area contributed by atoms with Crippen LogP contribution in [0.3, 0.4) is 0 Å². The molecule has 3 aromatic rings. The molecule has 2 fully saturated rings. The molecular formula is C25H28N4O3S2. The maximum atomic E-state index is 13.3. The third kappa shape index (κ3) is 4.79. The second-order valence-corrected chi connectivity index (χ2v) is 11.4. The fourth-order valence-electron chi connectivity index (χ4n) is 4.66. The van der Waals surface area contributed by atoms with Crippen LogP contribution in [0.2, 0.25) is 0 Å². The Labute approximate surface area is 204 Å². The van der Waals surface area contributed by atoms with Gasteiger partial charge in [-0.05, 0) is 25.0 Å². The second-order valence-electron chi connectivity index (χ2n) is 8.70. The predicted molar refractivity (Wildman–Crippen MR) is 133 cm³/mol. The Balaban J connectivity index is 1.19.